The molecule has 0 aliphatic carbocycles. The predicted molar refractivity (Wildman–Crippen MR) is 71.5 cm³/mol. The van der Waals surface area contributed by atoms with Crippen molar-refractivity contribution >= 4 is 17.4 Å². The van der Waals surface area contributed by atoms with Crippen LogP contribution in [0.15, 0.2) is 18.2 Å². The predicted octanol–water partition coefficient (Wildman–Crippen LogP) is 4.71. The fourth-order valence-corrected chi connectivity index (χ4v) is 2.64. The van der Waals surface area contributed by atoms with E-state index in [1.54, 1.807) is 11.8 Å². The zero-order valence-corrected chi connectivity index (χ0v) is 11.2. The normalized spacial score (nSPS) is 11.8. The zero-order chi connectivity index (χ0) is 13.6. The van der Waals surface area contributed by atoms with E-state index in [2.05, 4.69) is 6.92 Å². The fraction of sp³-hybridized carbons (Fsp3) is 0.538. The van der Waals surface area contributed by atoms with Crippen LogP contribution in [0.3, 0.4) is 0 Å². The number of nitrogen functional groups attached to an aromatic ring is 1. The standard InChI is InChI=1S/C13H18F3NS/c1-2-3-4-7-18-9-10-5-6-11(17)8-12(10)13(14,15)16/h5-6,8H,2-4,7,9,17H2,1H3. The molecule has 0 aliphatic rings. The lowest BCUT2D eigenvalue weighted by Crippen LogP contribution is -2.09. The summed E-state index contributed by atoms with van der Waals surface area (Å²) in [7, 11) is 0. The van der Waals surface area contributed by atoms with E-state index in [9.17, 15) is 13.2 Å². The Balaban J connectivity index is 2.65. The van der Waals surface area contributed by atoms with Crippen LogP contribution in [0.2, 0.25) is 0 Å². The molecule has 0 spiro atoms. The minimum atomic E-state index is -4.32. The SMILES string of the molecule is CCCCCSCc1ccc(N)cc1C(F)(F)F. The number of hydrogen-bond acceptors (Lipinski definition) is 2. The topological polar surface area (TPSA) is 26.0 Å². The van der Waals surface area contributed by atoms with Gasteiger partial charge in [0.05, 0.1) is 5.56 Å². The average Bonchev–Trinajstić information content (AvgIpc) is 2.29. The van der Waals surface area contributed by atoms with Crippen molar-refractivity contribution < 1.29 is 13.2 Å². The van der Waals surface area contributed by atoms with Gasteiger partial charge >= 0.3 is 6.18 Å². The van der Waals surface area contributed by atoms with Crippen molar-refractivity contribution in [2.45, 2.75) is 38.1 Å². The number of rotatable bonds is 6. The van der Waals surface area contributed by atoms with E-state index in [-0.39, 0.29) is 5.69 Å². The third kappa shape index (κ3) is 4.80. The minimum absolute atomic E-state index is 0.155. The minimum Gasteiger partial charge on any atom is -0.399 e. The summed E-state index contributed by atoms with van der Waals surface area (Å²) in [6, 6.07) is 4.02. The van der Waals surface area contributed by atoms with Crippen molar-refractivity contribution in [2.75, 3.05) is 11.5 Å². The van der Waals surface area contributed by atoms with Crippen LogP contribution in [0.1, 0.15) is 37.3 Å². The number of alkyl halides is 3. The van der Waals surface area contributed by atoms with Gasteiger partial charge in [0.1, 0.15) is 0 Å². The summed E-state index contributed by atoms with van der Waals surface area (Å²) >= 11 is 1.54. The molecule has 0 saturated heterocycles. The van der Waals surface area contributed by atoms with Crippen LogP contribution in [0.25, 0.3) is 0 Å². The molecule has 0 atom stereocenters. The van der Waals surface area contributed by atoms with Crippen LogP contribution < -0.4 is 5.73 Å². The summed E-state index contributed by atoms with van der Waals surface area (Å²) in [6.07, 6.45) is -1.02. The highest BCUT2D eigenvalue weighted by molar-refractivity contribution is 7.98. The maximum Gasteiger partial charge on any atom is 0.416 e. The first-order chi connectivity index (χ1) is 8.45. The molecule has 18 heavy (non-hydrogen) atoms. The molecule has 0 amide bonds. The van der Waals surface area contributed by atoms with Crippen molar-refractivity contribution in [3.63, 3.8) is 0 Å². The Morgan fingerprint density at radius 1 is 1.22 bits per heavy atom. The maximum atomic E-state index is 12.8. The van der Waals surface area contributed by atoms with Gasteiger partial charge in [-0.3, -0.25) is 0 Å². The second-order valence-electron chi connectivity index (χ2n) is 4.17. The second-order valence-corrected chi connectivity index (χ2v) is 5.28. The van der Waals surface area contributed by atoms with Crippen LogP contribution in [-0.2, 0) is 11.9 Å². The van der Waals surface area contributed by atoms with E-state index in [1.165, 1.54) is 12.1 Å². The van der Waals surface area contributed by atoms with Crippen LogP contribution >= 0.6 is 11.8 Å². The van der Waals surface area contributed by atoms with Gasteiger partial charge in [0.15, 0.2) is 0 Å². The summed E-state index contributed by atoms with van der Waals surface area (Å²) in [6.45, 7) is 2.10. The summed E-state index contributed by atoms with van der Waals surface area (Å²) in [5, 5.41) is 0. The molecule has 2 N–H and O–H groups in total. The summed E-state index contributed by atoms with van der Waals surface area (Å²) in [5.41, 5.74) is 5.28. The molecule has 0 aliphatic heterocycles. The quantitative estimate of drug-likeness (QED) is 0.602. The lowest BCUT2D eigenvalue weighted by atomic mass is 10.1. The molecule has 0 radical (unpaired) electrons. The molecule has 1 aromatic carbocycles. The van der Waals surface area contributed by atoms with E-state index < -0.39 is 11.7 Å². The first kappa shape index (κ1) is 15.2. The van der Waals surface area contributed by atoms with Gasteiger partial charge in [-0.1, -0.05) is 25.8 Å². The Labute approximate surface area is 110 Å². The largest absolute Gasteiger partial charge is 0.416 e. The smallest absolute Gasteiger partial charge is 0.399 e. The molecule has 102 valence electrons. The summed E-state index contributed by atoms with van der Waals surface area (Å²) in [5.74, 6) is 1.29. The van der Waals surface area contributed by atoms with E-state index in [1.807, 2.05) is 0 Å². The number of halogens is 3. The third-order valence-electron chi connectivity index (χ3n) is 2.59. The first-order valence-electron chi connectivity index (χ1n) is 5.98. The van der Waals surface area contributed by atoms with Crippen molar-refractivity contribution in [1.82, 2.24) is 0 Å². The van der Waals surface area contributed by atoms with Crippen LogP contribution in [0.4, 0.5) is 18.9 Å². The molecule has 1 nitrogen and oxygen atoms in total. The number of unbranched alkanes of at least 4 members (excludes halogenated alkanes) is 2. The summed E-state index contributed by atoms with van der Waals surface area (Å²) in [4.78, 5) is 0. The molecule has 1 rings (SSSR count). The van der Waals surface area contributed by atoms with Gasteiger partial charge < -0.3 is 5.73 Å². The number of anilines is 1. The Bertz CT molecular complexity index is 377. The zero-order valence-electron chi connectivity index (χ0n) is 10.4. The second kappa shape index (κ2) is 6.92. The van der Waals surface area contributed by atoms with Gasteiger partial charge in [0, 0.05) is 11.4 Å². The van der Waals surface area contributed by atoms with Gasteiger partial charge in [0.25, 0.3) is 0 Å². The molecular weight excluding hydrogens is 259 g/mol. The lowest BCUT2D eigenvalue weighted by molar-refractivity contribution is -0.138. The molecule has 0 heterocycles. The average molecular weight is 277 g/mol. The first-order valence-corrected chi connectivity index (χ1v) is 7.14. The molecule has 1 aromatic rings. The summed E-state index contributed by atoms with van der Waals surface area (Å²) < 4.78 is 38.4. The number of hydrogen-bond donors (Lipinski definition) is 1. The molecule has 0 aromatic heterocycles. The molecule has 0 bridgehead atoms. The van der Waals surface area contributed by atoms with Gasteiger partial charge in [0.2, 0.25) is 0 Å². The monoisotopic (exact) mass is 277 g/mol. The third-order valence-corrected chi connectivity index (χ3v) is 3.68. The molecule has 5 heteroatoms. The van der Waals surface area contributed by atoms with Gasteiger partial charge in [-0.15, -0.1) is 0 Å². The van der Waals surface area contributed by atoms with Crippen LogP contribution in [0, 0.1) is 0 Å². The van der Waals surface area contributed by atoms with E-state index >= 15 is 0 Å². The number of thioether (sulfide) groups is 1. The molecular formula is C13H18F3NS. The molecule has 0 saturated carbocycles. The lowest BCUT2D eigenvalue weighted by Gasteiger charge is -2.13. The van der Waals surface area contributed by atoms with E-state index in [0.717, 1.165) is 31.1 Å². The Morgan fingerprint density at radius 3 is 2.56 bits per heavy atom. The van der Waals surface area contributed by atoms with E-state index in [0.29, 0.717) is 11.3 Å². The van der Waals surface area contributed by atoms with Crippen molar-refractivity contribution in [3.8, 4) is 0 Å². The van der Waals surface area contributed by atoms with Gasteiger partial charge in [-0.25, -0.2) is 0 Å². The van der Waals surface area contributed by atoms with Crippen LogP contribution in [-0.4, -0.2) is 5.75 Å². The van der Waals surface area contributed by atoms with Crippen LogP contribution in [0.5, 0.6) is 0 Å². The number of nitrogens with two attached hydrogens (primary N) is 1. The Morgan fingerprint density at radius 2 is 1.94 bits per heavy atom. The van der Waals surface area contributed by atoms with Crippen molar-refractivity contribution in [1.29, 1.82) is 0 Å². The highest BCUT2D eigenvalue weighted by Gasteiger charge is 2.33. The number of benzene rings is 1. The van der Waals surface area contributed by atoms with Gasteiger partial charge in [-0.2, -0.15) is 24.9 Å². The van der Waals surface area contributed by atoms with Crippen molar-refractivity contribution in [3.05, 3.63) is 29.3 Å². The highest BCUT2D eigenvalue weighted by Crippen LogP contribution is 2.34. The Hall–Kier alpha value is -0.840. The molecule has 0 fully saturated rings. The highest BCUT2D eigenvalue weighted by atomic mass is 32.2. The molecule has 0 unspecified atom stereocenters. The van der Waals surface area contributed by atoms with E-state index in [4.69, 9.17) is 5.73 Å². The fourth-order valence-electron chi connectivity index (χ4n) is 1.62. The van der Waals surface area contributed by atoms with Gasteiger partial charge in [-0.05, 0) is 29.9 Å². The Kier molecular flexibility index (Phi) is 5.85. The maximum absolute atomic E-state index is 12.8. The van der Waals surface area contributed by atoms with Crippen molar-refractivity contribution in [2.24, 2.45) is 0 Å².